The van der Waals surface area contributed by atoms with Crippen molar-refractivity contribution in [3.63, 3.8) is 0 Å². The van der Waals surface area contributed by atoms with E-state index in [4.69, 9.17) is 16.3 Å². The molecule has 1 aliphatic heterocycles. The maximum absolute atomic E-state index is 13.4. The highest BCUT2D eigenvalue weighted by molar-refractivity contribution is 7.07. The van der Waals surface area contributed by atoms with Crippen LogP contribution < -0.4 is 14.9 Å². The summed E-state index contributed by atoms with van der Waals surface area (Å²) in [6.07, 6.45) is 1.83. The Morgan fingerprint density at radius 1 is 1.20 bits per heavy atom. The van der Waals surface area contributed by atoms with Crippen molar-refractivity contribution in [1.29, 1.82) is 0 Å². The number of carbonyl (C=O) groups excluding carboxylic acids is 1. The highest BCUT2D eigenvalue weighted by atomic mass is 35.5. The average molecular weight is 439 g/mol. The molecule has 0 amide bonds. The molecule has 0 spiro atoms. The molecule has 2 heterocycles. The zero-order valence-electron chi connectivity index (χ0n) is 16.5. The zero-order valence-corrected chi connectivity index (χ0v) is 18.0. The van der Waals surface area contributed by atoms with Gasteiger partial charge in [-0.15, -0.1) is 0 Å². The lowest BCUT2D eigenvalue weighted by atomic mass is 9.96. The van der Waals surface area contributed by atoms with E-state index < -0.39 is 12.0 Å². The Labute approximate surface area is 182 Å². The van der Waals surface area contributed by atoms with Crippen molar-refractivity contribution in [1.82, 2.24) is 4.57 Å². The topological polar surface area (TPSA) is 60.7 Å². The van der Waals surface area contributed by atoms with E-state index in [-0.39, 0.29) is 12.2 Å². The van der Waals surface area contributed by atoms with Gasteiger partial charge >= 0.3 is 5.97 Å². The fourth-order valence-corrected chi connectivity index (χ4v) is 4.77. The van der Waals surface area contributed by atoms with Gasteiger partial charge in [0, 0.05) is 5.02 Å². The summed E-state index contributed by atoms with van der Waals surface area (Å²) in [6.45, 7) is 3.72. The van der Waals surface area contributed by atoms with Gasteiger partial charge < -0.3 is 4.74 Å². The first kappa shape index (κ1) is 20.3. The van der Waals surface area contributed by atoms with Crippen molar-refractivity contribution in [3.05, 3.63) is 102 Å². The van der Waals surface area contributed by atoms with Crippen molar-refractivity contribution < 1.29 is 9.53 Å². The van der Waals surface area contributed by atoms with Gasteiger partial charge in [0.05, 0.1) is 22.4 Å². The smallest absolute Gasteiger partial charge is 0.338 e. The largest absolute Gasteiger partial charge is 0.463 e. The number of aromatic nitrogens is 1. The number of thiazole rings is 1. The molecular formula is C23H19ClN2O3S. The molecule has 30 heavy (non-hydrogen) atoms. The number of halogens is 1. The van der Waals surface area contributed by atoms with Gasteiger partial charge in [-0.3, -0.25) is 9.36 Å². The molecule has 2 aromatic carbocycles. The minimum absolute atomic E-state index is 0.221. The van der Waals surface area contributed by atoms with Crippen molar-refractivity contribution in [2.45, 2.75) is 19.9 Å². The molecule has 0 radical (unpaired) electrons. The van der Waals surface area contributed by atoms with Gasteiger partial charge in [0.25, 0.3) is 5.56 Å². The first-order chi connectivity index (χ1) is 14.5. The second-order valence-electron chi connectivity index (χ2n) is 6.73. The van der Waals surface area contributed by atoms with Gasteiger partial charge in [-0.25, -0.2) is 9.79 Å². The van der Waals surface area contributed by atoms with Gasteiger partial charge in [0.2, 0.25) is 0 Å². The second kappa shape index (κ2) is 8.42. The molecule has 1 atom stereocenters. The van der Waals surface area contributed by atoms with Crippen molar-refractivity contribution in [2.75, 3.05) is 6.61 Å². The molecular weight excluding hydrogens is 420 g/mol. The standard InChI is InChI=1S/C23H19ClN2O3S/c1-3-29-22(28)19-14(2)25-23-26(20(19)16-11-7-8-12-17(16)24)21(27)18(30-23)13-15-9-5-4-6-10-15/h4-13,20H,3H2,1-2H3/b18-13-/t20-/m0/s1. The van der Waals surface area contributed by atoms with Crippen LogP contribution in [0.15, 0.2) is 75.7 Å². The lowest BCUT2D eigenvalue weighted by Crippen LogP contribution is -2.40. The molecule has 0 aliphatic carbocycles. The van der Waals surface area contributed by atoms with Crippen LogP contribution in [0, 0.1) is 0 Å². The molecule has 7 heteroatoms. The van der Waals surface area contributed by atoms with Gasteiger partial charge in [-0.2, -0.15) is 0 Å². The zero-order chi connectivity index (χ0) is 21.3. The van der Waals surface area contributed by atoms with E-state index in [0.717, 1.165) is 5.56 Å². The predicted octanol–water partition coefficient (Wildman–Crippen LogP) is 3.45. The van der Waals surface area contributed by atoms with Crippen LogP contribution in [0.5, 0.6) is 0 Å². The van der Waals surface area contributed by atoms with E-state index in [1.165, 1.54) is 11.3 Å². The van der Waals surface area contributed by atoms with Crippen LogP contribution in [-0.4, -0.2) is 17.1 Å². The third kappa shape index (κ3) is 3.64. The van der Waals surface area contributed by atoms with E-state index in [2.05, 4.69) is 4.99 Å². The number of benzene rings is 2. The van der Waals surface area contributed by atoms with E-state index >= 15 is 0 Å². The van der Waals surface area contributed by atoms with Crippen LogP contribution >= 0.6 is 22.9 Å². The van der Waals surface area contributed by atoms with Gasteiger partial charge in [0.1, 0.15) is 6.04 Å². The minimum Gasteiger partial charge on any atom is -0.463 e. The van der Waals surface area contributed by atoms with Crippen molar-refractivity contribution in [2.24, 2.45) is 4.99 Å². The number of ether oxygens (including phenoxy) is 1. The Kier molecular flexibility index (Phi) is 5.70. The lowest BCUT2D eigenvalue weighted by molar-refractivity contribution is -0.139. The number of hydrogen-bond acceptors (Lipinski definition) is 5. The summed E-state index contributed by atoms with van der Waals surface area (Å²) in [4.78, 5) is 31.3. The lowest BCUT2D eigenvalue weighted by Gasteiger charge is -2.25. The molecule has 3 aromatic rings. The van der Waals surface area contributed by atoms with E-state index in [1.807, 2.05) is 54.6 Å². The van der Waals surface area contributed by atoms with Gasteiger partial charge in [0.15, 0.2) is 4.80 Å². The molecule has 152 valence electrons. The van der Waals surface area contributed by atoms with Crippen LogP contribution in [0.3, 0.4) is 0 Å². The van der Waals surface area contributed by atoms with Crippen molar-refractivity contribution >= 4 is 35.0 Å². The number of nitrogens with zero attached hydrogens (tertiary/aromatic N) is 2. The van der Waals surface area contributed by atoms with Crippen LogP contribution in [-0.2, 0) is 9.53 Å². The molecule has 5 nitrogen and oxygen atoms in total. The second-order valence-corrected chi connectivity index (χ2v) is 8.15. The molecule has 0 unspecified atom stereocenters. The van der Waals surface area contributed by atoms with Gasteiger partial charge in [-0.05, 0) is 37.1 Å². The SMILES string of the molecule is CCOC(=O)C1=C(C)N=c2s/c(=C\c3ccccc3)c(=O)n2[C@H]1c1ccccc1Cl. The van der Waals surface area contributed by atoms with Crippen LogP contribution in [0.4, 0.5) is 0 Å². The Bertz CT molecular complexity index is 1320. The molecule has 0 bridgehead atoms. The first-order valence-electron chi connectivity index (χ1n) is 9.50. The molecule has 0 saturated heterocycles. The third-order valence-electron chi connectivity index (χ3n) is 4.81. The number of fused-ring (bicyclic) bond motifs is 1. The van der Waals surface area contributed by atoms with E-state index in [0.29, 0.717) is 31.2 Å². The summed E-state index contributed by atoms with van der Waals surface area (Å²) in [7, 11) is 0. The van der Waals surface area contributed by atoms with Crippen molar-refractivity contribution in [3.8, 4) is 0 Å². The van der Waals surface area contributed by atoms with Gasteiger partial charge in [-0.1, -0.05) is 71.5 Å². The maximum atomic E-state index is 13.4. The first-order valence-corrected chi connectivity index (χ1v) is 10.7. The Balaban J connectivity index is 1.99. The summed E-state index contributed by atoms with van der Waals surface area (Å²) in [5.74, 6) is -0.499. The molecule has 1 aromatic heterocycles. The van der Waals surface area contributed by atoms with E-state index in [9.17, 15) is 9.59 Å². The monoisotopic (exact) mass is 438 g/mol. The predicted molar refractivity (Wildman–Crippen MR) is 118 cm³/mol. The quantitative estimate of drug-likeness (QED) is 0.586. The molecule has 0 N–H and O–H groups in total. The fourth-order valence-electron chi connectivity index (χ4n) is 3.48. The Hall–Kier alpha value is -2.96. The number of hydrogen-bond donors (Lipinski definition) is 0. The number of esters is 1. The Morgan fingerprint density at radius 3 is 2.60 bits per heavy atom. The maximum Gasteiger partial charge on any atom is 0.338 e. The summed E-state index contributed by atoms with van der Waals surface area (Å²) in [5.41, 5.74) is 2.19. The number of rotatable bonds is 4. The van der Waals surface area contributed by atoms with Crippen LogP contribution in [0.2, 0.25) is 5.02 Å². The molecule has 1 aliphatic rings. The summed E-state index contributed by atoms with van der Waals surface area (Å²) >= 11 is 7.77. The highest BCUT2D eigenvalue weighted by Gasteiger charge is 2.34. The van der Waals surface area contributed by atoms with Crippen LogP contribution in [0.1, 0.15) is 31.0 Å². The minimum atomic E-state index is -0.702. The normalized spacial score (nSPS) is 16.2. The number of carbonyl (C=O) groups is 1. The van der Waals surface area contributed by atoms with E-state index in [1.54, 1.807) is 24.5 Å². The molecule has 0 fully saturated rings. The van der Waals surface area contributed by atoms with Crippen LogP contribution in [0.25, 0.3) is 6.08 Å². The average Bonchev–Trinajstić information content (AvgIpc) is 3.03. The third-order valence-corrected chi connectivity index (χ3v) is 6.14. The number of allylic oxidation sites excluding steroid dienone is 1. The Morgan fingerprint density at radius 2 is 1.90 bits per heavy atom. The summed E-state index contributed by atoms with van der Waals surface area (Å²) < 4.78 is 7.36. The summed E-state index contributed by atoms with van der Waals surface area (Å²) in [5, 5.41) is 0.469. The summed E-state index contributed by atoms with van der Waals surface area (Å²) in [6, 6.07) is 16.1. The molecule has 4 rings (SSSR count). The highest BCUT2D eigenvalue weighted by Crippen LogP contribution is 2.34. The molecule has 0 saturated carbocycles. The fraction of sp³-hybridized carbons (Fsp3) is 0.174.